The summed E-state index contributed by atoms with van der Waals surface area (Å²) >= 11 is 1.60. The zero-order valence-corrected chi connectivity index (χ0v) is 13.8. The van der Waals surface area contributed by atoms with Crippen LogP contribution in [0, 0.1) is 5.82 Å². The minimum absolute atomic E-state index is 0.246. The average Bonchev–Trinajstić information content (AvgIpc) is 3.29. The van der Waals surface area contributed by atoms with Gasteiger partial charge < -0.3 is 10.1 Å². The predicted molar refractivity (Wildman–Crippen MR) is 95.5 cm³/mol. The molecule has 0 radical (unpaired) electrons. The molecule has 2 aromatic carbocycles. The molecule has 5 heteroatoms. The predicted octanol–water partition coefficient (Wildman–Crippen LogP) is 4.83. The molecule has 1 aromatic heterocycles. The second kappa shape index (κ2) is 5.29. The highest BCUT2D eigenvalue weighted by Gasteiger charge is 2.37. The maximum Gasteiger partial charge on any atom is 0.260 e. The van der Waals surface area contributed by atoms with E-state index in [0.29, 0.717) is 22.6 Å². The molecule has 122 valence electrons. The zero-order valence-electron chi connectivity index (χ0n) is 13.0. The van der Waals surface area contributed by atoms with Gasteiger partial charge in [-0.25, -0.2) is 4.39 Å². The number of benzene rings is 2. The Morgan fingerprint density at radius 2 is 1.88 bits per heavy atom. The molecule has 5 rings (SSSR count). The molecule has 1 unspecified atom stereocenters. The van der Waals surface area contributed by atoms with Gasteiger partial charge in [-0.3, -0.25) is 4.79 Å². The number of anilines is 1. The lowest BCUT2D eigenvalue weighted by Gasteiger charge is -2.13. The van der Waals surface area contributed by atoms with Crippen LogP contribution in [0.5, 0.6) is 0 Å². The fourth-order valence-corrected chi connectivity index (χ4v) is 4.30. The van der Waals surface area contributed by atoms with E-state index in [1.165, 1.54) is 12.1 Å². The first-order valence-corrected chi connectivity index (χ1v) is 8.75. The molecule has 0 fully saturated rings. The number of fused-ring (bicyclic) bond motifs is 2. The summed E-state index contributed by atoms with van der Waals surface area (Å²) in [5.74, 6) is -0.120. The Labute approximate surface area is 147 Å². The third-order valence-electron chi connectivity index (χ3n) is 4.47. The largest absolute Gasteiger partial charge is 0.479 e. The number of halogens is 1. The molecule has 0 bridgehead atoms. The molecule has 0 saturated heterocycles. The Kier molecular flexibility index (Phi) is 3.05. The molecule has 0 spiro atoms. The third kappa shape index (κ3) is 2.13. The second-order valence-electron chi connectivity index (χ2n) is 5.96. The van der Waals surface area contributed by atoms with E-state index in [1.54, 1.807) is 17.4 Å². The van der Waals surface area contributed by atoms with Gasteiger partial charge in [0.05, 0.1) is 10.5 Å². The maximum absolute atomic E-state index is 13.7. The minimum Gasteiger partial charge on any atom is -0.479 e. The Hall–Kier alpha value is -2.92. The highest BCUT2D eigenvalue weighted by Crippen LogP contribution is 2.49. The molecular weight excluding hydrogens is 337 g/mol. The van der Waals surface area contributed by atoms with Gasteiger partial charge in [0.2, 0.25) is 0 Å². The highest BCUT2D eigenvalue weighted by atomic mass is 32.1. The Morgan fingerprint density at radius 3 is 2.72 bits per heavy atom. The van der Waals surface area contributed by atoms with E-state index < -0.39 is 0 Å². The van der Waals surface area contributed by atoms with Crippen LogP contribution in [-0.2, 0) is 9.53 Å². The topological polar surface area (TPSA) is 38.3 Å². The Balaban J connectivity index is 1.71. The van der Waals surface area contributed by atoms with Crippen LogP contribution >= 0.6 is 11.3 Å². The molecular formula is C20H12FNO2S. The van der Waals surface area contributed by atoms with Gasteiger partial charge in [0.1, 0.15) is 11.6 Å². The van der Waals surface area contributed by atoms with Crippen LogP contribution in [0.3, 0.4) is 0 Å². The van der Waals surface area contributed by atoms with E-state index >= 15 is 0 Å². The summed E-state index contributed by atoms with van der Waals surface area (Å²) in [5.41, 5.74) is 3.48. The molecule has 1 amide bonds. The Morgan fingerprint density at radius 1 is 1.04 bits per heavy atom. The molecule has 1 atom stereocenters. The molecule has 0 saturated carbocycles. The van der Waals surface area contributed by atoms with Crippen LogP contribution < -0.4 is 5.32 Å². The highest BCUT2D eigenvalue weighted by molar-refractivity contribution is 7.10. The van der Waals surface area contributed by atoms with E-state index in [1.807, 2.05) is 41.8 Å². The fraction of sp³-hybridized carbons (Fsp3) is 0.0500. The quantitative estimate of drug-likeness (QED) is 0.639. The van der Waals surface area contributed by atoms with Gasteiger partial charge >= 0.3 is 0 Å². The fourth-order valence-electron chi connectivity index (χ4n) is 3.35. The lowest BCUT2D eigenvalue weighted by atomic mass is 10.0. The molecule has 3 nitrogen and oxygen atoms in total. The molecule has 25 heavy (non-hydrogen) atoms. The summed E-state index contributed by atoms with van der Waals surface area (Å²) in [5, 5.41) is 4.78. The van der Waals surface area contributed by atoms with Crippen LogP contribution in [0.1, 0.15) is 27.7 Å². The van der Waals surface area contributed by atoms with Crippen molar-refractivity contribution in [2.75, 3.05) is 5.32 Å². The molecule has 3 aromatic rings. The Bertz CT molecular complexity index is 1040. The van der Waals surface area contributed by atoms with Crippen LogP contribution in [0.4, 0.5) is 10.1 Å². The van der Waals surface area contributed by atoms with Gasteiger partial charge in [-0.05, 0) is 35.2 Å². The van der Waals surface area contributed by atoms with Gasteiger partial charge in [-0.2, -0.15) is 0 Å². The smallest absolute Gasteiger partial charge is 0.260 e. The van der Waals surface area contributed by atoms with Crippen molar-refractivity contribution in [1.29, 1.82) is 0 Å². The summed E-state index contributed by atoms with van der Waals surface area (Å²) in [7, 11) is 0. The van der Waals surface area contributed by atoms with Crippen molar-refractivity contribution in [2.45, 2.75) is 6.10 Å². The van der Waals surface area contributed by atoms with Gasteiger partial charge in [-0.1, -0.05) is 30.3 Å². The van der Waals surface area contributed by atoms with E-state index in [9.17, 15) is 9.18 Å². The summed E-state index contributed by atoms with van der Waals surface area (Å²) in [6, 6.07) is 16.1. The maximum atomic E-state index is 13.7. The first-order valence-electron chi connectivity index (χ1n) is 7.87. The van der Waals surface area contributed by atoms with Crippen LogP contribution in [0.25, 0.3) is 11.3 Å². The number of hydrogen-bond acceptors (Lipinski definition) is 3. The van der Waals surface area contributed by atoms with Crippen molar-refractivity contribution in [3.63, 3.8) is 0 Å². The molecule has 2 aliphatic heterocycles. The van der Waals surface area contributed by atoms with Gasteiger partial charge in [0.25, 0.3) is 5.91 Å². The van der Waals surface area contributed by atoms with Crippen molar-refractivity contribution >= 4 is 34.3 Å². The van der Waals surface area contributed by atoms with Crippen molar-refractivity contribution in [3.8, 4) is 0 Å². The number of rotatable bonds is 1. The number of carbonyl (C=O) groups is 1. The third-order valence-corrected chi connectivity index (χ3v) is 5.43. The van der Waals surface area contributed by atoms with E-state index in [4.69, 9.17) is 4.74 Å². The van der Waals surface area contributed by atoms with E-state index in [0.717, 1.165) is 16.0 Å². The van der Waals surface area contributed by atoms with E-state index in [-0.39, 0.29) is 17.8 Å². The lowest BCUT2D eigenvalue weighted by molar-refractivity contribution is -0.110. The van der Waals surface area contributed by atoms with Crippen LogP contribution in [-0.4, -0.2) is 5.91 Å². The normalized spacial score (nSPS) is 20.8. The van der Waals surface area contributed by atoms with Gasteiger partial charge in [-0.15, -0.1) is 11.3 Å². The number of carbonyl (C=O) groups excluding carboxylic acids is 1. The van der Waals surface area contributed by atoms with Crippen molar-refractivity contribution in [3.05, 3.63) is 87.4 Å². The second-order valence-corrected chi connectivity index (χ2v) is 6.90. The van der Waals surface area contributed by atoms with E-state index in [2.05, 4.69) is 5.32 Å². The first-order chi connectivity index (χ1) is 12.2. The number of amides is 1. The zero-order chi connectivity index (χ0) is 17.0. The summed E-state index contributed by atoms with van der Waals surface area (Å²) < 4.78 is 19.9. The number of hydrogen-bond donors (Lipinski definition) is 1. The summed E-state index contributed by atoms with van der Waals surface area (Å²) in [6.45, 7) is 0. The molecule has 3 heterocycles. The average molecular weight is 349 g/mol. The molecule has 0 aliphatic carbocycles. The number of thiophene rings is 1. The number of ether oxygens (including phenoxy) is 1. The van der Waals surface area contributed by atoms with Crippen molar-refractivity contribution in [2.24, 2.45) is 0 Å². The van der Waals surface area contributed by atoms with Crippen LogP contribution in [0.15, 0.2) is 60.0 Å². The summed E-state index contributed by atoms with van der Waals surface area (Å²) in [4.78, 5) is 13.6. The molecule has 2 aliphatic rings. The van der Waals surface area contributed by atoms with Gasteiger partial charge in [0, 0.05) is 16.8 Å². The van der Waals surface area contributed by atoms with Crippen molar-refractivity contribution in [1.82, 2.24) is 0 Å². The van der Waals surface area contributed by atoms with Crippen LogP contribution in [0.2, 0.25) is 0 Å². The SMILES string of the molecule is O=C1Nc2ccc(F)cc2C1=C1OC(c2ccccc2)c2sccc21. The van der Waals surface area contributed by atoms with Gasteiger partial charge in [0.15, 0.2) is 6.10 Å². The minimum atomic E-state index is -0.378. The standard InChI is InChI=1S/C20H12FNO2S/c21-12-6-7-15-14(10-12)16(20(23)22-15)18-13-8-9-25-19(13)17(24-18)11-4-2-1-3-5-11/h1-10,17H,(H,22,23). The van der Waals surface area contributed by atoms with Crippen molar-refractivity contribution < 1.29 is 13.9 Å². The number of nitrogens with one attached hydrogen (secondary N) is 1. The monoisotopic (exact) mass is 349 g/mol. The first kappa shape index (κ1) is 14.4. The lowest BCUT2D eigenvalue weighted by Crippen LogP contribution is -2.06. The summed E-state index contributed by atoms with van der Waals surface area (Å²) in [6.07, 6.45) is -0.246. The molecule has 1 N–H and O–H groups in total.